The molecule has 0 radical (unpaired) electrons. The Hall–Kier alpha value is -0.550. The highest BCUT2D eigenvalue weighted by Gasteiger charge is 2.28. The van der Waals surface area contributed by atoms with Crippen LogP contribution in [-0.4, -0.2) is 28.2 Å². The molecule has 0 unspecified atom stereocenters. The van der Waals surface area contributed by atoms with E-state index in [2.05, 4.69) is 44.1 Å². The summed E-state index contributed by atoms with van der Waals surface area (Å²) in [5.41, 5.74) is 0.342. The summed E-state index contributed by atoms with van der Waals surface area (Å²) in [5.74, 6) is 0.632. The van der Waals surface area contributed by atoms with Gasteiger partial charge in [-0.3, -0.25) is 4.79 Å². The molecule has 0 saturated heterocycles. The smallest absolute Gasteiger partial charge is 0.251 e. The van der Waals surface area contributed by atoms with E-state index in [0.717, 1.165) is 6.42 Å². The lowest BCUT2D eigenvalue weighted by Crippen LogP contribution is -2.51. The molecule has 0 aliphatic heterocycles. The zero-order valence-corrected chi connectivity index (χ0v) is 15.3. The number of hydrogen-bond acceptors (Lipinski definition) is 2. The van der Waals surface area contributed by atoms with Crippen molar-refractivity contribution in [3.8, 4) is 5.75 Å². The predicted octanol–water partition coefficient (Wildman–Crippen LogP) is 4.14. The minimum absolute atomic E-state index is 0.0834. The Kier molecular flexibility index (Phi) is 7.03. The molecular weight excluding hydrogens is 386 g/mol. The Morgan fingerprint density at radius 1 is 1.35 bits per heavy atom. The Morgan fingerprint density at radius 3 is 2.50 bits per heavy atom. The van der Waals surface area contributed by atoms with Gasteiger partial charge >= 0.3 is 0 Å². The maximum atomic E-state index is 12.4. The van der Waals surface area contributed by atoms with E-state index in [1.807, 2.05) is 26.0 Å². The number of carbonyl (C=O) groups excluding carboxylic acids is 1. The number of ether oxygens (including phenoxy) is 1. The quantitative estimate of drug-likeness (QED) is 0.691. The lowest BCUT2D eigenvalue weighted by molar-refractivity contribution is 0.0914. The van der Waals surface area contributed by atoms with E-state index in [9.17, 15) is 4.79 Å². The van der Waals surface area contributed by atoms with Crippen molar-refractivity contribution in [3.05, 3.63) is 29.8 Å². The number of benzene rings is 1. The van der Waals surface area contributed by atoms with Crippen molar-refractivity contribution in [1.29, 1.82) is 0 Å². The molecule has 1 amide bonds. The van der Waals surface area contributed by atoms with Gasteiger partial charge < -0.3 is 10.1 Å². The molecule has 0 atom stereocenters. The van der Waals surface area contributed by atoms with Crippen LogP contribution in [0.1, 0.15) is 37.6 Å². The Bertz CT molecular complexity index is 437. The molecule has 3 nitrogen and oxygen atoms in total. The van der Waals surface area contributed by atoms with Gasteiger partial charge in [-0.25, -0.2) is 0 Å². The second-order valence-electron chi connectivity index (χ2n) is 5.05. The van der Waals surface area contributed by atoms with E-state index in [0.29, 0.717) is 22.0 Å². The van der Waals surface area contributed by atoms with Crippen LogP contribution in [0.15, 0.2) is 24.3 Å². The number of nitrogens with one attached hydrogen (secondary N) is 1. The first-order valence-electron chi connectivity index (χ1n) is 6.67. The average molecular weight is 407 g/mol. The molecular formula is C15H21Br2NO2. The number of rotatable bonds is 7. The van der Waals surface area contributed by atoms with Crippen LogP contribution in [0.5, 0.6) is 5.75 Å². The first-order valence-corrected chi connectivity index (χ1v) is 8.92. The van der Waals surface area contributed by atoms with E-state index in [1.54, 1.807) is 12.1 Å². The van der Waals surface area contributed by atoms with Crippen molar-refractivity contribution in [2.75, 3.05) is 10.7 Å². The molecule has 1 N–H and O–H groups in total. The number of hydrogen-bond donors (Lipinski definition) is 1. The average Bonchev–Trinajstić information content (AvgIpc) is 2.44. The Balaban J connectivity index is 2.86. The van der Waals surface area contributed by atoms with Gasteiger partial charge in [-0.05, 0) is 38.5 Å². The molecule has 0 aliphatic rings. The molecule has 0 aromatic heterocycles. The molecule has 0 bridgehead atoms. The predicted molar refractivity (Wildman–Crippen MR) is 90.3 cm³/mol. The van der Waals surface area contributed by atoms with Gasteiger partial charge in [0.2, 0.25) is 0 Å². The summed E-state index contributed by atoms with van der Waals surface area (Å²) in [7, 11) is 0. The summed E-state index contributed by atoms with van der Waals surface area (Å²) in [5, 5.41) is 4.50. The number of alkyl halides is 2. The van der Waals surface area contributed by atoms with Crippen molar-refractivity contribution < 1.29 is 9.53 Å². The van der Waals surface area contributed by atoms with E-state index in [-0.39, 0.29) is 17.6 Å². The van der Waals surface area contributed by atoms with Crippen LogP contribution in [-0.2, 0) is 0 Å². The molecule has 0 saturated carbocycles. The van der Waals surface area contributed by atoms with E-state index >= 15 is 0 Å². The minimum atomic E-state index is -0.272. The summed E-state index contributed by atoms with van der Waals surface area (Å²) in [6, 6.07) is 7.27. The van der Waals surface area contributed by atoms with E-state index in [4.69, 9.17) is 4.74 Å². The molecule has 0 aliphatic carbocycles. The zero-order valence-electron chi connectivity index (χ0n) is 12.1. The first kappa shape index (κ1) is 17.5. The Morgan fingerprint density at radius 2 is 2.00 bits per heavy atom. The third kappa shape index (κ3) is 4.77. The van der Waals surface area contributed by atoms with E-state index in [1.165, 1.54) is 0 Å². The van der Waals surface area contributed by atoms with Crippen molar-refractivity contribution in [2.24, 2.45) is 0 Å². The van der Waals surface area contributed by atoms with Crippen LogP contribution in [0.2, 0.25) is 0 Å². The lowest BCUT2D eigenvalue weighted by atomic mass is 10.0. The van der Waals surface area contributed by atoms with E-state index < -0.39 is 0 Å². The van der Waals surface area contributed by atoms with Crippen LogP contribution in [0.3, 0.4) is 0 Å². The van der Waals surface area contributed by atoms with Crippen molar-refractivity contribution in [3.63, 3.8) is 0 Å². The highest BCUT2D eigenvalue weighted by atomic mass is 79.9. The minimum Gasteiger partial charge on any atom is -0.491 e. The molecule has 0 fully saturated rings. The second-order valence-corrected chi connectivity index (χ2v) is 6.17. The molecule has 0 spiro atoms. The second kappa shape index (κ2) is 8.03. The molecule has 20 heavy (non-hydrogen) atoms. The third-order valence-corrected chi connectivity index (χ3v) is 5.18. The van der Waals surface area contributed by atoms with Gasteiger partial charge in [0.15, 0.2) is 0 Å². The van der Waals surface area contributed by atoms with Crippen molar-refractivity contribution in [2.45, 2.75) is 38.8 Å². The number of halogens is 2. The fourth-order valence-corrected chi connectivity index (χ4v) is 3.68. The SMILES string of the molecule is CCC(CBr)(CBr)NC(=O)c1cccc(OC(C)C)c1. The van der Waals surface area contributed by atoms with Crippen LogP contribution in [0, 0.1) is 0 Å². The molecule has 112 valence electrons. The van der Waals surface area contributed by atoms with Gasteiger partial charge in [0.1, 0.15) is 5.75 Å². The van der Waals surface area contributed by atoms with Gasteiger partial charge in [-0.2, -0.15) is 0 Å². The Labute approximate surface area is 137 Å². The highest BCUT2D eigenvalue weighted by molar-refractivity contribution is 9.09. The largest absolute Gasteiger partial charge is 0.491 e. The number of amides is 1. The lowest BCUT2D eigenvalue weighted by Gasteiger charge is -2.30. The van der Waals surface area contributed by atoms with Gasteiger partial charge in [0.25, 0.3) is 5.91 Å². The summed E-state index contributed by atoms with van der Waals surface area (Å²) in [6.07, 6.45) is 0.936. The summed E-state index contributed by atoms with van der Waals surface area (Å²) in [6.45, 7) is 5.98. The van der Waals surface area contributed by atoms with Crippen LogP contribution in [0.25, 0.3) is 0 Å². The summed E-state index contributed by atoms with van der Waals surface area (Å²) in [4.78, 5) is 12.4. The molecule has 1 aromatic rings. The standard InChI is InChI=1S/C15H21Br2NO2/c1-4-15(9-16,10-17)18-14(19)12-6-5-7-13(8-12)20-11(2)3/h5-8,11H,4,9-10H2,1-3H3,(H,18,19). The van der Waals surface area contributed by atoms with Crippen LogP contribution >= 0.6 is 31.9 Å². The van der Waals surface area contributed by atoms with Crippen molar-refractivity contribution in [1.82, 2.24) is 5.32 Å². The van der Waals surface area contributed by atoms with Gasteiger partial charge in [0.05, 0.1) is 11.6 Å². The zero-order chi connectivity index (χ0) is 15.2. The highest BCUT2D eigenvalue weighted by Crippen LogP contribution is 2.19. The molecule has 0 heterocycles. The maximum Gasteiger partial charge on any atom is 0.251 e. The maximum absolute atomic E-state index is 12.4. The van der Waals surface area contributed by atoms with Gasteiger partial charge in [-0.15, -0.1) is 0 Å². The monoisotopic (exact) mass is 405 g/mol. The fourth-order valence-electron chi connectivity index (χ4n) is 1.68. The topological polar surface area (TPSA) is 38.3 Å². The van der Waals surface area contributed by atoms with Crippen LogP contribution in [0.4, 0.5) is 0 Å². The number of carbonyl (C=O) groups is 1. The van der Waals surface area contributed by atoms with Gasteiger partial charge in [-0.1, -0.05) is 44.8 Å². The normalized spacial score (nSPS) is 11.5. The molecule has 5 heteroatoms. The van der Waals surface area contributed by atoms with Crippen LogP contribution < -0.4 is 10.1 Å². The first-order chi connectivity index (χ1) is 9.46. The van der Waals surface area contributed by atoms with Crippen molar-refractivity contribution >= 4 is 37.8 Å². The molecule has 1 aromatic carbocycles. The fraction of sp³-hybridized carbons (Fsp3) is 0.533. The summed E-state index contributed by atoms with van der Waals surface area (Å²) >= 11 is 6.94. The summed E-state index contributed by atoms with van der Waals surface area (Å²) < 4.78 is 5.62. The van der Waals surface area contributed by atoms with Gasteiger partial charge in [0, 0.05) is 16.2 Å². The third-order valence-electron chi connectivity index (χ3n) is 3.04. The molecule has 1 rings (SSSR count).